The van der Waals surface area contributed by atoms with E-state index in [0.717, 1.165) is 32.2 Å². The Morgan fingerprint density at radius 2 is 2.19 bits per heavy atom. The lowest BCUT2D eigenvalue weighted by molar-refractivity contribution is 0.0114. The molecule has 2 rings (SSSR count). The van der Waals surface area contributed by atoms with Gasteiger partial charge >= 0.3 is 0 Å². The molecule has 3 heteroatoms. The largest absolute Gasteiger partial charge is 0.380 e. The molecule has 0 radical (unpaired) electrons. The van der Waals surface area contributed by atoms with Crippen molar-refractivity contribution in [3.05, 3.63) is 0 Å². The van der Waals surface area contributed by atoms with Gasteiger partial charge in [-0.2, -0.15) is 0 Å². The van der Waals surface area contributed by atoms with Gasteiger partial charge in [-0.05, 0) is 39.5 Å². The highest BCUT2D eigenvalue weighted by molar-refractivity contribution is 5.04. The van der Waals surface area contributed by atoms with Crippen LogP contribution in [0, 0.1) is 5.92 Å². The van der Waals surface area contributed by atoms with Crippen LogP contribution in [-0.4, -0.2) is 49.3 Å². The van der Waals surface area contributed by atoms with E-state index >= 15 is 0 Å². The van der Waals surface area contributed by atoms with Crippen molar-refractivity contribution in [1.29, 1.82) is 0 Å². The Morgan fingerprint density at radius 3 is 2.81 bits per heavy atom. The standard InChI is InChI=1S/C13H26N2O/c1-4-16-8-7-15-9-11(2)14-10-13(15,3)12-5-6-12/h11-12,14H,4-10H2,1-3H3. The quantitative estimate of drug-likeness (QED) is 0.719. The van der Waals surface area contributed by atoms with E-state index in [2.05, 4.69) is 31.0 Å². The molecule has 1 saturated carbocycles. The summed E-state index contributed by atoms with van der Waals surface area (Å²) in [4.78, 5) is 2.65. The third-order valence-electron chi connectivity index (χ3n) is 4.19. The molecule has 2 fully saturated rings. The molecule has 2 aliphatic rings. The van der Waals surface area contributed by atoms with Gasteiger partial charge in [0.05, 0.1) is 6.61 Å². The number of rotatable bonds is 5. The summed E-state index contributed by atoms with van der Waals surface area (Å²) in [6, 6.07) is 0.619. The van der Waals surface area contributed by atoms with Crippen LogP contribution in [0.2, 0.25) is 0 Å². The summed E-state index contributed by atoms with van der Waals surface area (Å²) in [6.07, 6.45) is 2.83. The van der Waals surface area contributed by atoms with Crippen molar-refractivity contribution in [2.75, 3.05) is 32.8 Å². The number of hydrogen-bond donors (Lipinski definition) is 1. The first kappa shape index (κ1) is 12.3. The van der Waals surface area contributed by atoms with Gasteiger partial charge < -0.3 is 10.1 Å². The van der Waals surface area contributed by atoms with E-state index in [1.54, 1.807) is 0 Å². The van der Waals surface area contributed by atoms with E-state index in [4.69, 9.17) is 4.74 Å². The first-order valence-corrected chi connectivity index (χ1v) is 6.73. The fourth-order valence-electron chi connectivity index (χ4n) is 2.87. The Bertz CT molecular complexity index is 230. The fourth-order valence-corrected chi connectivity index (χ4v) is 2.87. The Morgan fingerprint density at radius 1 is 1.44 bits per heavy atom. The molecule has 0 amide bonds. The zero-order chi connectivity index (χ0) is 11.6. The lowest BCUT2D eigenvalue weighted by Gasteiger charge is -2.48. The molecule has 0 bridgehead atoms. The number of nitrogens with zero attached hydrogens (tertiary/aromatic N) is 1. The summed E-state index contributed by atoms with van der Waals surface area (Å²) in [6.45, 7) is 11.9. The van der Waals surface area contributed by atoms with Crippen LogP contribution in [0.5, 0.6) is 0 Å². The normalized spacial score (nSPS) is 36.6. The summed E-state index contributed by atoms with van der Waals surface area (Å²) >= 11 is 0. The summed E-state index contributed by atoms with van der Waals surface area (Å²) in [5.74, 6) is 0.911. The van der Waals surface area contributed by atoms with Crippen molar-refractivity contribution < 1.29 is 4.74 Å². The van der Waals surface area contributed by atoms with Crippen molar-refractivity contribution in [2.45, 2.75) is 45.2 Å². The second-order valence-electron chi connectivity index (χ2n) is 5.56. The number of ether oxygens (including phenoxy) is 1. The monoisotopic (exact) mass is 226 g/mol. The van der Waals surface area contributed by atoms with Gasteiger partial charge in [0.2, 0.25) is 0 Å². The van der Waals surface area contributed by atoms with Crippen LogP contribution in [0.4, 0.5) is 0 Å². The van der Waals surface area contributed by atoms with Crippen LogP contribution in [-0.2, 0) is 4.74 Å². The van der Waals surface area contributed by atoms with E-state index in [1.165, 1.54) is 19.4 Å². The van der Waals surface area contributed by atoms with Gasteiger partial charge in [0.15, 0.2) is 0 Å². The van der Waals surface area contributed by atoms with Crippen LogP contribution < -0.4 is 5.32 Å². The van der Waals surface area contributed by atoms with Crippen LogP contribution in [0.3, 0.4) is 0 Å². The average molecular weight is 226 g/mol. The minimum atomic E-state index is 0.379. The summed E-state index contributed by atoms with van der Waals surface area (Å²) in [7, 11) is 0. The SMILES string of the molecule is CCOCCN1CC(C)NCC1(C)C1CC1. The second kappa shape index (κ2) is 5.03. The van der Waals surface area contributed by atoms with Crippen molar-refractivity contribution in [1.82, 2.24) is 10.2 Å². The Labute approximate surface area is 99.5 Å². The molecule has 2 atom stereocenters. The molecule has 1 N–H and O–H groups in total. The summed E-state index contributed by atoms with van der Waals surface area (Å²) in [5.41, 5.74) is 0.379. The lowest BCUT2D eigenvalue weighted by atomic mass is 9.90. The van der Waals surface area contributed by atoms with E-state index in [1.807, 2.05) is 0 Å². The molecule has 0 aromatic heterocycles. The Balaban J connectivity index is 1.92. The molecule has 1 aliphatic heterocycles. The lowest BCUT2D eigenvalue weighted by Crippen LogP contribution is -2.64. The minimum Gasteiger partial charge on any atom is -0.380 e. The molecule has 0 spiro atoms. The van der Waals surface area contributed by atoms with Gasteiger partial charge in [0.25, 0.3) is 0 Å². The maximum Gasteiger partial charge on any atom is 0.0593 e. The Hall–Kier alpha value is -0.120. The molecule has 1 aliphatic carbocycles. The third kappa shape index (κ3) is 2.58. The number of hydrogen-bond acceptors (Lipinski definition) is 3. The maximum atomic E-state index is 5.50. The second-order valence-corrected chi connectivity index (χ2v) is 5.56. The van der Waals surface area contributed by atoms with Gasteiger partial charge in [0.1, 0.15) is 0 Å². The topological polar surface area (TPSA) is 24.5 Å². The molecule has 1 saturated heterocycles. The minimum absolute atomic E-state index is 0.379. The van der Waals surface area contributed by atoms with Crippen molar-refractivity contribution in [2.24, 2.45) is 5.92 Å². The molecule has 0 aromatic carbocycles. The van der Waals surface area contributed by atoms with E-state index in [-0.39, 0.29) is 0 Å². The van der Waals surface area contributed by atoms with E-state index < -0.39 is 0 Å². The number of nitrogens with one attached hydrogen (secondary N) is 1. The molecule has 3 nitrogen and oxygen atoms in total. The number of piperazine rings is 1. The van der Waals surface area contributed by atoms with Crippen LogP contribution in [0.25, 0.3) is 0 Å². The summed E-state index contributed by atoms with van der Waals surface area (Å²) < 4.78 is 5.50. The van der Waals surface area contributed by atoms with Gasteiger partial charge in [-0.15, -0.1) is 0 Å². The van der Waals surface area contributed by atoms with Crippen molar-refractivity contribution in [3.8, 4) is 0 Å². The highest BCUT2D eigenvalue weighted by Crippen LogP contribution is 2.43. The average Bonchev–Trinajstić information content (AvgIpc) is 3.07. The predicted molar refractivity (Wildman–Crippen MR) is 66.7 cm³/mol. The molecule has 1 heterocycles. The van der Waals surface area contributed by atoms with Crippen LogP contribution >= 0.6 is 0 Å². The highest BCUT2D eigenvalue weighted by Gasteiger charge is 2.47. The Kier molecular flexibility index (Phi) is 3.88. The van der Waals surface area contributed by atoms with Crippen molar-refractivity contribution >= 4 is 0 Å². The zero-order valence-electron chi connectivity index (χ0n) is 11.0. The molecule has 16 heavy (non-hydrogen) atoms. The first-order valence-electron chi connectivity index (χ1n) is 6.73. The van der Waals surface area contributed by atoms with Crippen molar-refractivity contribution in [3.63, 3.8) is 0 Å². The maximum absolute atomic E-state index is 5.50. The summed E-state index contributed by atoms with van der Waals surface area (Å²) in [5, 5.41) is 3.63. The zero-order valence-corrected chi connectivity index (χ0v) is 11.0. The molecule has 94 valence electrons. The van der Waals surface area contributed by atoms with Gasteiger partial charge in [-0.25, -0.2) is 0 Å². The smallest absolute Gasteiger partial charge is 0.0593 e. The fraction of sp³-hybridized carbons (Fsp3) is 1.00. The molecular weight excluding hydrogens is 200 g/mol. The molecular formula is C13H26N2O. The van der Waals surface area contributed by atoms with Gasteiger partial charge in [-0.3, -0.25) is 4.90 Å². The molecule has 2 unspecified atom stereocenters. The predicted octanol–water partition coefficient (Wildman–Crippen LogP) is 1.49. The van der Waals surface area contributed by atoms with E-state index in [9.17, 15) is 0 Å². The van der Waals surface area contributed by atoms with E-state index in [0.29, 0.717) is 11.6 Å². The first-order chi connectivity index (χ1) is 7.66. The van der Waals surface area contributed by atoms with Crippen LogP contribution in [0.1, 0.15) is 33.6 Å². The van der Waals surface area contributed by atoms with Gasteiger partial charge in [-0.1, -0.05) is 0 Å². The molecule has 0 aromatic rings. The van der Waals surface area contributed by atoms with Crippen LogP contribution in [0.15, 0.2) is 0 Å². The highest BCUT2D eigenvalue weighted by atomic mass is 16.5. The van der Waals surface area contributed by atoms with Gasteiger partial charge in [0, 0.05) is 37.8 Å². The third-order valence-corrected chi connectivity index (χ3v) is 4.19.